The Labute approximate surface area is 140 Å². The number of halogens is 1. The zero-order chi connectivity index (χ0) is 16.6. The molecule has 1 aromatic heterocycles. The van der Waals surface area contributed by atoms with Gasteiger partial charge in [-0.15, -0.1) is 0 Å². The quantitative estimate of drug-likeness (QED) is 0.871. The van der Waals surface area contributed by atoms with Crippen molar-refractivity contribution >= 4 is 28.7 Å². The number of pyridine rings is 1. The minimum Gasteiger partial charge on any atom is -0.394 e. The molecule has 3 rings (SSSR count). The summed E-state index contributed by atoms with van der Waals surface area (Å²) in [4.78, 5) is 16.9. The molecule has 4 nitrogen and oxygen atoms in total. The lowest BCUT2D eigenvalue weighted by Gasteiger charge is -2.08. The van der Waals surface area contributed by atoms with E-state index in [1.165, 1.54) is 21.8 Å². The molecule has 2 aromatic rings. The third kappa shape index (κ3) is 3.17. The summed E-state index contributed by atoms with van der Waals surface area (Å²) in [6.45, 7) is 4.77. The van der Waals surface area contributed by atoms with E-state index < -0.39 is 0 Å². The van der Waals surface area contributed by atoms with Gasteiger partial charge in [0.15, 0.2) is 0 Å². The summed E-state index contributed by atoms with van der Waals surface area (Å²) in [5, 5.41) is 0.380. The summed E-state index contributed by atoms with van der Waals surface area (Å²) in [5.41, 5.74) is 10.1. The summed E-state index contributed by atoms with van der Waals surface area (Å²) in [7, 11) is 0. The normalized spacial score (nSPS) is 13.3. The number of para-hydroxylation sites is 1. The second-order valence-electron chi connectivity index (χ2n) is 6.38. The third-order valence-electron chi connectivity index (χ3n) is 3.99. The molecule has 0 fully saturated rings. The molecule has 2 heterocycles. The molecule has 0 spiro atoms. The summed E-state index contributed by atoms with van der Waals surface area (Å²) >= 11 is 6.14. The van der Waals surface area contributed by atoms with Gasteiger partial charge in [0, 0.05) is 12.1 Å². The molecular formula is C18H20ClN3O. The minimum absolute atomic E-state index is 0.200. The SMILES string of the molecule is CC(C)Cc1cccc2c1N=C(Cn1c(Cl)ccc(N)c1=O)C2. The molecule has 0 saturated carbocycles. The zero-order valence-corrected chi connectivity index (χ0v) is 14.1. The second-order valence-corrected chi connectivity index (χ2v) is 6.77. The zero-order valence-electron chi connectivity index (χ0n) is 13.3. The number of rotatable bonds is 4. The van der Waals surface area contributed by atoms with Gasteiger partial charge in [-0.2, -0.15) is 0 Å². The predicted octanol–water partition coefficient (Wildman–Crippen LogP) is 3.61. The van der Waals surface area contributed by atoms with Crippen LogP contribution in [0.25, 0.3) is 0 Å². The summed E-state index contributed by atoms with van der Waals surface area (Å²) in [6, 6.07) is 9.48. The van der Waals surface area contributed by atoms with Crippen LogP contribution in [-0.4, -0.2) is 10.3 Å². The Bertz CT molecular complexity index is 837. The summed E-state index contributed by atoms with van der Waals surface area (Å²) in [6.07, 6.45) is 1.75. The molecule has 23 heavy (non-hydrogen) atoms. The van der Waals surface area contributed by atoms with E-state index in [1.54, 1.807) is 6.07 Å². The first-order valence-electron chi connectivity index (χ1n) is 7.77. The molecular weight excluding hydrogens is 310 g/mol. The Morgan fingerprint density at radius 1 is 1.30 bits per heavy atom. The molecule has 0 radical (unpaired) electrons. The molecule has 2 N–H and O–H groups in total. The van der Waals surface area contributed by atoms with Gasteiger partial charge in [0.2, 0.25) is 0 Å². The molecule has 0 atom stereocenters. The molecule has 0 unspecified atom stereocenters. The van der Waals surface area contributed by atoms with Gasteiger partial charge in [-0.05, 0) is 35.6 Å². The smallest absolute Gasteiger partial charge is 0.275 e. The number of fused-ring (bicyclic) bond motifs is 1. The van der Waals surface area contributed by atoms with Crippen LogP contribution in [0.5, 0.6) is 0 Å². The molecule has 0 aliphatic carbocycles. The number of aromatic nitrogens is 1. The van der Waals surface area contributed by atoms with Crippen LogP contribution < -0.4 is 11.3 Å². The number of nitrogen functional groups attached to an aromatic ring is 1. The van der Waals surface area contributed by atoms with E-state index in [-0.39, 0.29) is 11.2 Å². The third-order valence-corrected chi connectivity index (χ3v) is 4.32. The number of hydrogen-bond acceptors (Lipinski definition) is 3. The number of hydrogen-bond donors (Lipinski definition) is 1. The van der Waals surface area contributed by atoms with Crippen LogP contribution in [-0.2, 0) is 19.4 Å². The predicted molar refractivity (Wildman–Crippen MR) is 95.9 cm³/mol. The van der Waals surface area contributed by atoms with Crippen LogP contribution in [0, 0.1) is 5.92 Å². The van der Waals surface area contributed by atoms with Crippen molar-refractivity contribution in [2.45, 2.75) is 33.2 Å². The molecule has 0 amide bonds. The van der Waals surface area contributed by atoms with Crippen LogP contribution >= 0.6 is 11.6 Å². The average Bonchev–Trinajstić information content (AvgIpc) is 2.91. The van der Waals surface area contributed by atoms with Gasteiger partial charge in [0.05, 0.1) is 17.9 Å². The van der Waals surface area contributed by atoms with Crippen molar-refractivity contribution < 1.29 is 0 Å². The van der Waals surface area contributed by atoms with E-state index in [2.05, 4.69) is 32.0 Å². The highest BCUT2D eigenvalue weighted by Crippen LogP contribution is 2.32. The van der Waals surface area contributed by atoms with Crippen molar-refractivity contribution in [1.29, 1.82) is 0 Å². The lowest BCUT2D eigenvalue weighted by molar-refractivity contribution is 0.647. The monoisotopic (exact) mass is 329 g/mol. The molecule has 0 bridgehead atoms. The van der Waals surface area contributed by atoms with Crippen molar-refractivity contribution in [2.24, 2.45) is 10.9 Å². The van der Waals surface area contributed by atoms with Gasteiger partial charge < -0.3 is 5.73 Å². The van der Waals surface area contributed by atoms with E-state index in [1.807, 2.05) is 0 Å². The highest BCUT2D eigenvalue weighted by Gasteiger charge is 2.19. The van der Waals surface area contributed by atoms with Crippen molar-refractivity contribution in [2.75, 3.05) is 5.73 Å². The van der Waals surface area contributed by atoms with E-state index in [4.69, 9.17) is 22.3 Å². The van der Waals surface area contributed by atoms with Crippen molar-refractivity contribution in [1.82, 2.24) is 4.57 Å². The second kappa shape index (κ2) is 6.20. The standard InChI is InChI=1S/C18H20ClN3O/c1-11(2)8-12-4-3-5-13-9-14(21-17(12)13)10-22-16(19)7-6-15(20)18(22)23/h3-7,11H,8-10,20H2,1-2H3. The van der Waals surface area contributed by atoms with Gasteiger partial charge in [0.25, 0.3) is 5.56 Å². The number of aliphatic imine (C=N–C) groups is 1. The molecule has 5 heteroatoms. The Hall–Kier alpha value is -2.07. The van der Waals surface area contributed by atoms with Crippen molar-refractivity contribution in [3.05, 3.63) is 57.0 Å². The topological polar surface area (TPSA) is 60.4 Å². The van der Waals surface area contributed by atoms with Crippen LogP contribution in [0.15, 0.2) is 40.1 Å². The van der Waals surface area contributed by atoms with Crippen LogP contribution in [0.3, 0.4) is 0 Å². The number of nitrogens with two attached hydrogens (primary N) is 1. The summed E-state index contributed by atoms with van der Waals surface area (Å²) < 4.78 is 1.48. The van der Waals surface area contributed by atoms with Crippen molar-refractivity contribution in [3.8, 4) is 0 Å². The van der Waals surface area contributed by atoms with Crippen LogP contribution in [0.2, 0.25) is 5.15 Å². The maximum Gasteiger partial charge on any atom is 0.275 e. The largest absolute Gasteiger partial charge is 0.394 e. The molecule has 120 valence electrons. The minimum atomic E-state index is -0.265. The van der Waals surface area contributed by atoms with Crippen LogP contribution in [0.1, 0.15) is 25.0 Å². The maximum atomic E-state index is 12.2. The lowest BCUT2D eigenvalue weighted by Crippen LogP contribution is -2.26. The van der Waals surface area contributed by atoms with E-state index in [0.29, 0.717) is 17.6 Å². The average molecular weight is 330 g/mol. The number of nitrogens with zero attached hydrogens (tertiary/aromatic N) is 2. The summed E-state index contributed by atoms with van der Waals surface area (Å²) in [5.74, 6) is 0.576. The van der Waals surface area contributed by atoms with E-state index in [0.717, 1.165) is 24.2 Å². The lowest BCUT2D eigenvalue weighted by atomic mass is 9.98. The highest BCUT2D eigenvalue weighted by molar-refractivity contribution is 6.29. The Morgan fingerprint density at radius 3 is 2.83 bits per heavy atom. The first-order valence-corrected chi connectivity index (χ1v) is 8.15. The first kappa shape index (κ1) is 15.8. The molecule has 1 aliphatic rings. The van der Waals surface area contributed by atoms with Gasteiger partial charge in [-0.3, -0.25) is 14.4 Å². The molecule has 0 saturated heterocycles. The van der Waals surface area contributed by atoms with Gasteiger partial charge >= 0.3 is 0 Å². The fraction of sp³-hybridized carbons (Fsp3) is 0.333. The van der Waals surface area contributed by atoms with E-state index in [9.17, 15) is 4.79 Å². The Kier molecular flexibility index (Phi) is 4.26. The van der Waals surface area contributed by atoms with Crippen LogP contribution in [0.4, 0.5) is 11.4 Å². The fourth-order valence-corrected chi connectivity index (χ4v) is 3.15. The maximum absolute atomic E-state index is 12.2. The fourth-order valence-electron chi connectivity index (χ4n) is 2.95. The van der Waals surface area contributed by atoms with Gasteiger partial charge in [-0.1, -0.05) is 43.6 Å². The molecule has 1 aliphatic heterocycles. The van der Waals surface area contributed by atoms with Gasteiger partial charge in [0.1, 0.15) is 5.15 Å². The Balaban J connectivity index is 1.92. The van der Waals surface area contributed by atoms with Crippen molar-refractivity contribution in [3.63, 3.8) is 0 Å². The molecule has 1 aromatic carbocycles. The van der Waals surface area contributed by atoms with E-state index >= 15 is 0 Å². The van der Waals surface area contributed by atoms with Gasteiger partial charge in [-0.25, -0.2) is 0 Å². The first-order chi connectivity index (χ1) is 11.0. The number of benzene rings is 1. The highest BCUT2D eigenvalue weighted by atomic mass is 35.5. The Morgan fingerprint density at radius 2 is 2.09 bits per heavy atom. The number of anilines is 1.